The van der Waals surface area contributed by atoms with E-state index in [4.69, 9.17) is 11.6 Å². The van der Waals surface area contributed by atoms with E-state index >= 15 is 0 Å². The van der Waals surface area contributed by atoms with Gasteiger partial charge in [-0.25, -0.2) is 4.79 Å². The van der Waals surface area contributed by atoms with Gasteiger partial charge in [-0.15, -0.1) is 0 Å². The minimum absolute atomic E-state index is 0.0688. The summed E-state index contributed by atoms with van der Waals surface area (Å²) in [6.07, 6.45) is 0. The molecule has 0 radical (unpaired) electrons. The first kappa shape index (κ1) is 10.9. The van der Waals surface area contributed by atoms with Gasteiger partial charge in [0.15, 0.2) is 0 Å². The van der Waals surface area contributed by atoms with Gasteiger partial charge in [-0.3, -0.25) is 14.8 Å². The molecular weight excluding hydrogens is 232 g/mol. The largest absolute Gasteiger partial charge is 0.324 e. The summed E-state index contributed by atoms with van der Waals surface area (Å²) in [5, 5.41) is 6.88. The first-order chi connectivity index (χ1) is 7.49. The van der Waals surface area contributed by atoms with Gasteiger partial charge in [0.2, 0.25) is 5.91 Å². The Morgan fingerprint density at radius 3 is 2.62 bits per heavy atom. The smallest absolute Gasteiger partial charge is 0.309 e. The van der Waals surface area contributed by atoms with Crippen LogP contribution in [0.15, 0.2) is 0 Å². The summed E-state index contributed by atoms with van der Waals surface area (Å²) in [7, 11) is 1.75. The highest BCUT2D eigenvalue weighted by Gasteiger charge is 2.28. The van der Waals surface area contributed by atoms with Gasteiger partial charge in [0.1, 0.15) is 6.54 Å². The van der Waals surface area contributed by atoms with Gasteiger partial charge < -0.3 is 4.90 Å². The SMILES string of the molecule is Cc1nn(C)c(CN2CC(=O)NC2=O)c1Cl. The van der Waals surface area contributed by atoms with Gasteiger partial charge in [0, 0.05) is 7.05 Å². The van der Waals surface area contributed by atoms with Gasteiger partial charge in [-0.1, -0.05) is 11.6 Å². The zero-order valence-electron chi connectivity index (χ0n) is 8.95. The van der Waals surface area contributed by atoms with Crippen LogP contribution in [0.5, 0.6) is 0 Å². The van der Waals surface area contributed by atoms with E-state index in [-0.39, 0.29) is 25.0 Å². The molecule has 1 aliphatic rings. The Morgan fingerprint density at radius 2 is 2.19 bits per heavy atom. The molecule has 3 amide bonds. The van der Waals surface area contributed by atoms with Crippen molar-refractivity contribution >= 4 is 23.5 Å². The topological polar surface area (TPSA) is 67.2 Å². The lowest BCUT2D eigenvalue weighted by atomic mass is 10.3. The number of nitrogens with zero attached hydrogens (tertiary/aromatic N) is 3. The fourth-order valence-electron chi connectivity index (χ4n) is 1.64. The molecule has 0 aliphatic carbocycles. The molecule has 7 heteroatoms. The van der Waals surface area contributed by atoms with Crippen molar-refractivity contribution in [3.63, 3.8) is 0 Å². The number of hydrogen-bond donors (Lipinski definition) is 1. The van der Waals surface area contributed by atoms with Crippen LogP contribution in [0.1, 0.15) is 11.4 Å². The van der Waals surface area contributed by atoms with Crippen molar-refractivity contribution in [2.75, 3.05) is 6.54 Å². The molecule has 0 aromatic carbocycles. The monoisotopic (exact) mass is 242 g/mol. The molecule has 1 aromatic rings. The number of imide groups is 1. The molecular formula is C9H11ClN4O2. The predicted octanol–water partition coefficient (Wildman–Crippen LogP) is 0.434. The van der Waals surface area contributed by atoms with E-state index < -0.39 is 0 Å². The lowest BCUT2D eigenvalue weighted by Crippen LogP contribution is -2.28. The highest BCUT2D eigenvalue weighted by atomic mass is 35.5. The maximum Gasteiger partial charge on any atom is 0.324 e. The summed E-state index contributed by atoms with van der Waals surface area (Å²) < 4.78 is 1.62. The molecule has 1 aliphatic heterocycles. The van der Waals surface area contributed by atoms with Crippen LogP contribution in [-0.2, 0) is 18.4 Å². The number of hydrogen-bond acceptors (Lipinski definition) is 3. The van der Waals surface area contributed by atoms with E-state index in [1.165, 1.54) is 4.90 Å². The van der Waals surface area contributed by atoms with Crippen molar-refractivity contribution in [3.8, 4) is 0 Å². The van der Waals surface area contributed by atoms with E-state index in [1.54, 1.807) is 18.7 Å². The maximum atomic E-state index is 11.3. The van der Waals surface area contributed by atoms with Crippen LogP contribution in [0.2, 0.25) is 5.02 Å². The van der Waals surface area contributed by atoms with Crippen LogP contribution < -0.4 is 5.32 Å². The molecule has 1 saturated heterocycles. The third-order valence-electron chi connectivity index (χ3n) is 2.47. The number of amides is 3. The lowest BCUT2D eigenvalue weighted by molar-refractivity contribution is -0.118. The second kappa shape index (κ2) is 3.79. The predicted molar refractivity (Wildman–Crippen MR) is 56.9 cm³/mol. The molecule has 16 heavy (non-hydrogen) atoms. The van der Waals surface area contributed by atoms with Crippen LogP contribution in [0, 0.1) is 6.92 Å². The van der Waals surface area contributed by atoms with E-state index in [1.807, 2.05) is 0 Å². The molecule has 1 aromatic heterocycles. The molecule has 0 atom stereocenters. The summed E-state index contributed by atoms with van der Waals surface area (Å²) in [6.45, 7) is 2.15. The average molecular weight is 243 g/mol. The van der Waals surface area contributed by atoms with Gasteiger partial charge in [-0.2, -0.15) is 5.10 Å². The van der Waals surface area contributed by atoms with Crippen molar-refractivity contribution < 1.29 is 9.59 Å². The quantitative estimate of drug-likeness (QED) is 0.765. The van der Waals surface area contributed by atoms with Crippen molar-refractivity contribution in [3.05, 3.63) is 16.4 Å². The highest BCUT2D eigenvalue weighted by Crippen LogP contribution is 2.21. The second-order valence-electron chi connectivity index (χ2n) is 3.68. The number of halogens is 1. The third-order valence-corrected chi connectivity index (χ3v) is 2.96. The normalized spacial score (nSPS) is 15.8. The van der Waals surface area contributed by atoms with E-state index in [0.717, 1.165) is 5.69 Å². The molecule has 1 fully saturated rings. The first-order valence-corrected chi connectivity index (χ1v) is 5.13. The molecule has 1 N–H and O–H groups in total. The van der Waals surface area contributed by atoms with Crippen molar-refractivity contribution in [1.29, 1.82) is 0 Å². The number of urea groups is 1. The molecule has 0 unspecified atom stereocenters. The summed E-state index contributed by atoms with van der Waals surface area (Å²) >= 11 is 6.05. The Kier molecular flexibility index (Phi) is 2.59. The zero-order valence-corrected chi connectivity index (χ0v) is 9.71. The standard InChI is InChI=1S/C9H11ClN4O2/c1-5-8(10)6(13(2)12-5)3-14-4-7(15)11-9(14)16/h3-4H2,1-2H3,(H,11,15,16). The maximum absolute atomic E-state index is 11.3. The molecule has 0 bridgehead atoms. The Bertz CT molecular complexity index is 468. The summed E-state index contributed by atoms with van der Waals surface area (Å²) in [5.41, 5.74) is 1.44. The number of carbonyl (C=O) groups excluding carboxylic acids is 2. The Hall–Kier alpha value is -1.56. The van der Waals surface area contributed by atoms with Gasteiger partial charge in [0.05, 0.1) is 23.0 Å². The number of aromatic nitrogens is 2. The number of rotatable bonds is 2. The molecule has 2 rings (SSSR count). The van der Waals surface area contributed by atoms with E-state index in [9.17, 15) is 9.59 Å². The lowest BCUT2D eigenvalue weighted by Gasteiger charge is -2.13. The highest BCUT2D eigenvalue weighted by molar-refractivity contribution is 6.31. The molecule has 86 valence electrons. The third kappa shape index (κ3) is 1.76. The Labute approximate surface area is 97.2 Å². The fraction of sp³-hybridized carbons (Fsp3) is 0.444. The van der Waals surface area contributed by atoms with Crippen LogP contribution >= 0.6 is 11.6 Å². The van der Waals surface area contributed by atoms with Gasteiger partial charge >= 0.3 is 6.03 Å². The molecule has 2 heterocycles. The Morgan fingerprint density at radius 1 is 1.50 bits per heavy atom. The van der Waals surface area contributed by atoms with E-state index in [0.29, 0.717) is 10.7 Å². The number of carbonyl (C=O) groups is 2. The van der Waals surface area contributed by atoms with Crippen LogP contribution in [0.4, 0.5) is 4.79 Å². The molecule has 0 saturated carbocycles. The summed E-state index contributed by atoms with van der Waals surface area (Å²) in [4.78, 5) is 23.7. The average Bonchev–Trinajstić information content (AvgIpc) is 2.62. The van der Waals surface area contributed by atoms with Gasteiger partial charge in [-0.05, 0) is 6.92 Å². The summed E-state index contributed by atoms with van der Waals surface area (Å²) in [6, 6.07) is -0.389. The van der Waals surface area contributed by atoms with Crippen LogP contribution in [0.3, 0.4) is 0 Å². The van der Waals surface area contributed by atoms with Crippen molar-refractivity contribution in [1.82, 2.24) is 20.0 Å². The zero-order chi connectivity index (χ0) is 11.9. The van der Waals surface area contributed by atoms with Crippen LogP contribution in [0.25, 0.3) is 0 Å². The second-order valence-corrected chi connectivity index (χ2v) is 4.06. The Balaban J connectivity index is 2.21. The first-order valence-electron chi connectivity index (χ1n) is 4.75. The van der Waals surface area contributed by atoms with Crippen molar-refractivity contribution in [2.45, 2.75) is 13.5 Å². The fourth-order valence-corrected chi connectivity index (χ4v) is 1.86. The number of nitrogens with one attached hydrogen (secondary N) is 1. The molecule has 0 spiro atoms. The summed E-state index contributed by atoms with van der Waals surface area (Å²) in [5.74, 6) is -0.292. The number of aryl methyl sites for hydroxylation is 2. The van der Waals surface area contributed by atoms with Crippen molar-refractivity contribution in [2.24, 2.45) is 7.05 Å². The minimum Gasteiger partial charge on any atom is -0.309 e. The van der Waals surface area contributed by atoms with E-state index in [2.05, 4.69) is 10.4 Å². The minimum atomic E-state index is -0.389. The molecule has 6 nitrogen and oxygen atoms in total. The van der Waals surface area contributed by atoms with Crippen LogP contribution in [-0.4, -0.2) is 33.2 Å². The van der Waals surface area contributed by atoms with Gasteiger partial charge in [0.25, 0.3) is 0 Å².